The molecule has 9 heteroatoms. The van der Waals surface area contributed by atoms with Gasteiger partial charge in [0.15, 0.2) is 5.82 Å². The molecule has 0 saturated carbocycles. The van der Waals surface area contributed by atoms with E-state index in [4.69, 9.17) is 4.74 Å². The van der Waals surface area contributed by atoms with Gasteiger partial charge in [-0.2, -0.15) is 5.10 Å². The maximum absolute atomic E-state index is 12.7. The van der Waals surface area contributed by atoms with Crippen LogP contribution in [0.4, 0.5) is 14.6 Å². The molecule has 2 heterocycles. The number of fused-ring (bicyclic) bond motifs is 1. The molecule has 1 aromatic heterocycles. The van der Waals surface area contributed by atoms with E-state index in [-0.39, 0.29) is 22.5 Å². The lowest BCUT2D eigenvalue weighted by atomic mass is 10.1. The van der Waals surface area contributed by atoms with Crippen molar-refractivity contribution in [3.63, 3.8) is 0 Å². The molecule has 0 fully saturated rings. The first-order chi connectivity index (χ1) is 10.8. The van der Waals surface area contributed by atoms with Crippen molar-refractivity contribution in [1.82, 2.24) is 9.78 Å². The molecule has 0 bridgehead atoms. The number of hydrogen-bond donors (Lipinski definition) is 1. The van der Waals surface area contributed by atoms with Gasteiger partial charge in [-0.15, -0.1) is 0 Å². The number of nitrogens with zero attached hydrogens (tertiary/aromatic N) is 2. The third-order valence-corrected chi connectivity index (χ3v) is 4.91. The average molecular weight is 343 g/mol. The van der Waals surface area contributed by atoms with Crippen molar-refractivity contribution in [3.8, 4) is 5.75 Å². The van der Waals surface area contributed by atoms with Gasteiger partial charge in [-0.1, -0.05) is 0 Å². The van der Waals surface area contributed by atoms with Crippen LogP contribution in [0.15, 0.2) is 29.2 Å². The molecule has 0 saturated heterocycles. The predicted molar refractivity (Wildman–Crippen MR) is 79.2 cm³/mol. The molecular weight excluding hydrogens is 328 g/mol. The molecule has 1 aliphatic heterocycles. The van der Waals surface area contributed by atoms with Crippen molar-refractivity contribution in [2.45, 2.75) is 30.8 Å². The zero-order valence-electron chi connectivity index (χ0n) is 12.5. The van der Waals surface area contributed by atoms with Crippen molar-refractivity contribution < 1.29 is 21.9 Å². The second-order valence-electron chi connectivity index (χ2n) is 5.39. The highest BCUT2D eigenvalue weighted by atomic mass is 32.2. The van der Waals surface area contributed by atoms with Crippen molar-refractivity contribution in [1.29, 1.82) is 0 Å². The number of hydrogen-bond acceptors (Lipinski definition) is 4. The predicted octanol–water partition coefficient (Wildman–Crippen LogP) is 2.48. The van der Waals surface area contributed by atoms with Gasteiger partial charge in [0, 0.05) is 19.5 Å². The lowest BCUT2D eigenvalue weighted by Crippen LogP contribution is -2.13. The normalized spacial score (nSPS) is 17.2. The Hall–Kier alpha value is -2.16. The number of ether oxygens (including phenoxy) is 1. The fraction of sp³-hybridized carbons (Fsp3) is 0.357. The number of alkyl halides is 2. The molecule has 3 rings (SSSR count). The van der Waals surface area contributed by atoms with Gasteiger partial charge in [-0.25, -0.2) is 17.2 Å². The Morgan fingerprint density at radius 3 is 2.78 bits per heavy atom. The summed E-state index contributed by atoms with van der Waals surface area (Å²) >= 11 is 0. The van der Waals surface area contributed by atoms with E-state index in [0.29, 0.717) is 12.2 Å². The fourth-order valence-electron chi connectivity index (χ4n) is 2.50. The Morgan fingerprint density at radius 2 is 2.13 bits per heavy atom. The van der Waals surface area contributed by atoms with Crippen LogP contribution >= 0.6 is 0 Å². The van der Waals surface area contributed by atoms with E-state index < -0.39 is 16.4 Å². The summed E-state index contributed by atoms with van der Waals surface area (Å²) in [6.07, 6.45) is -2.11. The highest BCUT2D eigenvalue weighted by Crippen LogP contribution is 2.31. The van der Waals surface area contributed by atoms with Gasteiger partial charge in [0.25, 0.3) is 16.4 Å². The minimum atomic E-state index is -3.91. The summed E-state index contributed by atoms with van der Waals surface area (Å²) in [5.74, 6) is 0.516. The molecule has 1 unspecified atom stereocenters. The third kappa shape index (κ3) is 3.00. The number of aromatic nitrogens is 2. The van der Waals surface area contributed by atoms with E-state index >= 15 is 0 Å². The summed E-state index contributed by atoms with van der Waals surface area (Å²) in [7, 11) is -2.58. The summed E-state index contributed by atoms with van der Waals surface area (Å²) in [6.45, 7) is 1.90. The monoisotopic (exact) mass is 343 g/mol. The maximum Gasteiger partial charge on any atom is 0.280 e. The highest BCUT2D eigenvalue weighted by molar-refractivity contribution is 7.92. The largest absolute Gasteiger partial charge is 0.490 e. The number of benzene rings is 1. The van der Waals surface area contributed by atoms with Crippen LogP contribution in [0.25, 0.3) is 0 Å². The Kier molecular flexibility index (Phi) is 3.75. The van der Waals surface area contributed by atoms with Gasteiger partial charge in [0.1, 0.15) is 17.5 Å². The molecule has 23 heavy (non-hydrogen) atoms. The molecule has 1 N–H and O–H groups in total. The van der Waals surface area contributed by atoms with Crippen LogP contribution in [-0.2, 0) is 23.5 Å². The highest BCUT2D eigenvalue weighted by Gasteiger charge is 2.24. The van der Waals surface area contributed by atoms with Crippen LogP contribution in [0.2, 0.25) is 0 Å². The SMILES string of the molecule is CC1Cc2cc(S(=O)(=O)Nc3cc(C(F)F)n(C)n3)ccc2O1. The second kappa shape index (κ2) is 5.48. The lowest BCUT2D eigenvalue weighted by Gasteiger charge is -2.07. The van der Waals surface area contributed by atoms with E-state index in [9.17, 15) is 17.2 Å². The molecule has 0 radical (unpaired) electrons. The number of aryl methyl sites for hydroxylation is 1. The maximum atomic E-state index is 12.7. The number of nitrogens with one attached hydrogen (secondary N) is 1. The molecule has 2 aromatic rings. The van der Waals surface area contributed by atoms with E-state index in [1.54, 1.807) is 6.07 Å². The molecule has 0 amide bonds. The summed E-state index contributed by atoms with van der Waals surface area (Å²) in [5.41, 5.74) is 0.438. The zero-order chi connectivity index (χ0) is 16.8. The molecule has 1 aliphatic rings. The Morgan fingerprint density at radius 1 is 1.39 bits per heavy atom. The van der Waals surface area contributed by atoms with E-state index in [1.807, 2.05) is 6.92 Å². The molecule has 1 atom stereocenters. The second-order valence-corrected chi connectivity index (χ2v) is 7.07. The summed E-state index contributed by atoms with van der Waals surface area (Å²) in [6, 6.07) is 5.55. The quantitative estimate of drug-likeness (QED) is 0.926. The number of sulfonamides is 1. The minimum absolute atomic E-state index is 0.000281. The molecule has 0 aliphatic carbocycles. The Balaban J connectivity index is 1.88. The first-order valence-electron chi connectivity index (χ1n) is 6.91. The minimum Gasteiger partial charge on any atom is -0.490 e. The smallest absolute Gasteiger partial charge is 0.280 e. The van der Waals surface area contributed by atoms with Gasteiger partial charge in [-0.3, -0.25) is 9.40 Å². The standard InChI is InChI=1S/C14H15F2N3O3S/c1-8-5-9-6-10(3-4-12(9)22-8)23(20,21)18-13-7-11(14(15)16)19(2)17-13/h3-4,6-8,14H,5H2,1-2H3,(H,17,18). The summed E-state index contributed by atoms with van der Waals surface area (Å²) < 4.78 is 58.9. The first-order valence-corrected chi connectivity index (χ1v) is 8.39. The number of halogens is 2. The van der Waals surface area contributed by atoms with E-state index in [1.165, 1.54) is 19.2 Å². The number of anilines is 1. The van der Waals surface area contributed by atoms with Gasteiger partial charge in [0.2, 0.25) is 0 Å². The van der Waals surface area contributed by atoms with Crippen LogP contribution in [-0.4, -0.2) is 24.3 Å². The summed E-state index contributed by atoms with van der Waals surface area (Å²) in [4.78, 5) is 0.0400. The van der Waals surface area contributed by atoms with Gasteiger partial charge in [0.05, 0.1) is 4.90 Å². The first kappa shape index (κ1) is 15.7. The van der Waals surface area contributed by atoms with Crippen LogP contribution in [0, 0.1) is 0 Å². The van der Waals surface area contributed by atoms with E-state index in [0.717, 1.165) is 16.3 Å². The Labute approximate surface area is 132 Å². The molecule has 1 aromatic carbocycles. The van der Waals surface area contributed by atoms with Crippen molar-refractivity contribution in [2.75, 3.05) is 4.72 Å². The molecule has 0 spiro atoms. The Bertz CT molecular complexity index is 849. The van der Waals surface area contributed by atoms with E-state index in [2.05, 4.69) is 9.82 Å². The average Bonchev–Trinajstić information content (AvgIpc) is 2.98. The van der Waals surface area contributed by atoms with Crippen molar-refractivity contribution in [2.24, 2.45) is 7.05 Å². The molecule has 124 valence electrons. The topological polar surface area (TPSA) is 73.2 Å². The zero-order valence-corrected chi connectivity index (χ0v) is 13.3. The van der Waals surface area contributed by atoms with Crippen molar-refractivity contribution >= 4 is 15.8 Å². The van der Waals surface area contributed by atoms with Gasteiger partial charge >= 0.3 is 0 Å². The van der Waals surface area contributed by atoms with Crippen LogP contribution in [0.5, 0.6) is 5.75 Å². The van der Waals surface area contributed by atoms with Crippen LogP contribution < -0.4 is 9.46 Å². The van der Waals surface area contributed by atoms with Gasteiger partial charge in [-0.05, 0) is 30.7 Å². The van der Waals surface area contributed by atoms with Crippen LogP contribution in [0.1, 0.15) is 24.6 Å². The third-order valence-electron chi connectivity index (χ3n) is 3.56. The molecular formula is C14H15F2N3O3S. The number of rotatable bonds is 4. The fourth-order valence-corrected chi connectivity index (χ4v) is 3.54. The summed E-state index contributed by atoms with van der Waals surface area (Å²) in [5, 5.41) is 3.75. The lowest BCUT2D eigenvalue weighted by molar-refractivity contribution is 0.141. The van der Waals surface area contributed by atoms with Gasteiger partial charge < -0.3 is 4.74 Å². The van der Waals surface area contributed by atoms with Crippen LogP contribution in [0.3, 0.4) is 0 Å². The molecule has 6 nitrogen and oxygen atoms in total. The van der Waals surface area contributed by atoms with Crippen molar-refractivity contribution in [3.05, 3.63) is 35.5 Å².